The van der Waals surface area contributed by atoms with Crippen molar-refractivity contribution in [3.63, 3.8) is 0 Å². The van der Waals surface area contributed by atoms with E-state index < -0.39 is 10.0 Å². The summed E-state index contributed by atoms with van der Waals surface area (Å²) >= 11 is 0. The zero-order chi connectivity index (χ0) is 15.5. The van der Waals surface area contributed by atoms with E-state index in [9.17, 15) is 8.42 Å². The van der Waals surface area contributed by atoms with Crippen molar-refractivity contribution in [3.8, 4) is 5.75 Å². The van der Waals surface area contributed by atoms with Crippen LogP contribution in [0.4, 0.5) is 11.5 Å². The van der Waals surface area contributed by atoms with E-state index in [0.29, 0.717) is 17.3 Å². The minimum atomic E-state index is -3.68. The molecular formula is C13H16N4O3S. The number of hydrogen-bond donors (Lipinski definition) is 2. The van der Waals surface area contributed by atoms with Crippen LogP contribution in [0.25, 0.3) is 0 Å². The molecule has 0 aliphatic heterocycles. The maximum absolute atomic E-state index is 12.5. The third-order valence-corrected chi connectivity index (χ3v) is 4.75. The molecule has 8 heteroatoms. The zero-order valence-corrected chi connectivity index (χ0v) is 12.5. The molecule has 0 aliphatic carbocycles. The molecule has 0 amide bonds. The lowest BCUT2D eigenvalue weighted by atomic mass is 10.3. The van der Waals surface area contributed by atoms with Gasteiger partial charge in [-0.1, -0.05) is 0 Å². The first-order chi connectivity index (χ1) is 9.98. The van der Waals surface area contributed by atoms with Crippen LogP contribution < -0.4 is 20.3 Å². The van der Waals surface area contributed by atoms with Crippen molar-refractivity contribution < 1.29 is 13.2 Å². The Morgan fingerprint density at radius 3 is 2.33 bits per heavy atom. The molecule has 112 valence electrons. The number of ether oxygens (including phenoxy) is 1. The summed E-state index contributed by atoms with van der Waals surface area (Å²) in [5, 5.41) is 0. The second-order valence-electron chi connectivity index (χ2n) is 4.19. The number of nitrogens with two attached hydrogens (primary N) is 1. The van der Waals surface area contributed by atoms with Gasteiger partial charge in [-0.2, -0.15) is 0 Å². The molecule has 2 rings (SSSR count). The largest absolute Gasteiger partial charge is 0.497 e. The van der Waals surface area contributed by atoms with Crippen LogP contribution in [0.15, 0.2) is 47.5 Å². The van der Waals surface area contributed by atoms with Crippen molar-refractivity contribution in [2.75, 3.05) is 23.9 Å². The summed E-state index contributed by atoms with van der Waals surface area (Å²) in [6.45, 7) is 0. The Balaban J connectivity index is 2.32. The first-order valence-corrected chi connectivity index (χ1v) is 7.48. The number of nitrogen functional groups attached to an aromatic ring is 1. The summed E-state index contributed by atoms with van der Waals surface area (Å²) in [5.41, 5.74) is 2.87. The standard InChI is InChI=1S/C13H16N4O3S/c1-17(10-3-5-11(20-2)6-4-10)21(18,19)12-7-8-13(16-14)15-9-12/h3-9H,14H2,1-2H3,(H,15,16). The smallest absolute Gasteiger partial charge is 0.265 e. The Bertz CT molecular complexity index is 699. The van der Waals surface area contributed by atoms with Gasteiger partial charge >= 0.3 is 0 Å². The van der Waals surface area contributed by atoms with E-state index in [0.717, 1.165) is 0 Å². The van der Waals surface area contributed by atoms with Crippen LogP contribution in [-0.2, 0) is 10.0 Å². The molecular weight excluding hydrogens is 292 g/mol. The molecule has 1 aromatic heterocycles. The summed E-state index contributed by atoms with van der Waals surface area (Å²) < 4.78 is 31.2. The molecule has 0 atom stereocenters. The molecule has 7 nitrogen and oxygen atoms in total. The highest BCUT2D eigenvalue weighted by Gasteiger charge is 2.21. The summed E-state index contributed by atoms with van der Waals surface area (Å²) in [5.74, 6) is 6.25. The summed E-state index contributed by atoms with van der Waals surface area (Å²) in [6.07, 6.45) is 1.25. The lowest BCUT2D eigenvalue weighted by molar-refractivity contribution is 0.415. The molecule has 1 aromatic carbocycles. The van der Waals surface area contributed by atoms with Crippen molar-refractivity contribution in [2.45, 2.75) is 4.90 Å². The molecule has 21 heavy (non-hydrogen) atoms. The first-order valence-electron chi connectivity index (χ1n) is 6.04. The van der Waals surface area contributed by atoms with Gasteiger partial charge in [0.1, 0.15) is 16.5 Å². The van der Waals surface area contributed by atoms with E-state index in [-0.39, 0.29) is 4.90 Å². The van der Waals surface area contributed by atoms with E-state index in [2.05, 4.69) is 10.4 Å². The van der Waals surface area contributed by atoms with Crippen molar-refractivity contribution >= 4 is 21.5 Å². The molecule has 0 aliphatic rings. The fraction of sp³-hybridized carbons (Fsp3) is 0.154. The third-order valence-electron chi connectivity index (χ3n) is 2.98. The Hall–Kier alpha value is -2.32. The van der Waals surface area contributed by atoms with Gasteiger partial charge in [-0.05, 0) is 36.4 Å². The van der Waals surface area contributed by atoms with Crippen molar-refractivity contribution in [1.82, 2.24) is 4.98 Å². The number of pyridine rings is 1. The summed E-state index contributed by atoms with van der Waals surface area (Å²) in [7, 11) is -0.647. The molecule has 0 spiro atoms. The van der Waals surface area contributed by atoms with Gasteiger partial charge in [0, 0.05) is 13.2 Å². The minimum absolute atomic E-state index is 0.0832. The Labute approximate surface area is 123 Å². The third kappa shape index (κ3) is 3.06. The van der Waals surface area contributed by atoms with Gasteiger partial charge < -0.3 is 10.2 Å². The summed E-state index contributed by atoms with van der Waals surface area (Å²) in [4.78, 5) is 3.99. The first kappa shape index (κ1) is 15.1. The normalized spacial score (nSPS) is 11.0. The molecule has 0 bridgehead atoms. The SMILES string of the molecule is COc1ccc(N(C)S(=O)(=O)c2ccc(NN)nc2)cc1. The maximum atomic E-state index is 12.5. The van der Waals surface area contributed by atoms with Crippen LogP contribution in [0.2, 0.25) is 0 Å². The number of aromatic nitrogens is 1. The Morgan fingerprint density at radius 1 is 1.19 bits per heavy atom. The van der Waals surface area contributed by atoms with Gasteiger partial charge in [0.2, 0.25) is 0 Å². The maximum Gasteiger partial charge on any atom is 0.265 e. The van der Waals surface area contributed by atoms with Gasteiger partial charge in [-0.15, -0.1) is 0 Å². The number of rotatable bonds is 5. The quantitative estimate of drug-likeness (QED) is 0.636. The molecule has 0 radical (unpaired) electrons. The second kappa shape index (κ2) is 5.98. The fourth-order valence-electron chi connectivity index (χ4n) is 1.71. The molecule has 0 saturated carbocycles. The molecule has 0 saturated heterocycles. The number of anilines is 2. The van der Waals surface area contributed by atoms with Gasteiger partial charge in [-0.25, -0.2) is 19.2 Å². The van der Waals surface area contributed by atoms with Crippen molar-refractivity contribution in [1.29, 1.82) is 0 Å². The number of sulfonamides is 1. The lowest BCUT2D eigenvalue weighted by Crippen LogP contribution is -2.26. The fourth-order valence-corrected chi connectivity index (χ4v) is 2.85. The van der Waals surface area contributed by atoms with E-state index in [1.54, 1.807) is 31.4 Å². The number of hydrogen-bond acceptors (Lipinski definition) is 6. The highest BCUT2D eigenvalue weighted by Crippen LogP contribution is 2.24. The minimum Gasteiger partial charge on any atom is -0.497 e. The van der Waals surface area contributed by atoms with Crippen LogP contribution in [0.1, 0.15) is 0 Å². The highest BCUT2D eigenvalue weighted by molar-refractivity contribution is 7.92. The number of hydrazine groups is 1. The number of benzene rings is 1. The molecule has 0 unspecified atom stereocenters. The highest BCUT2D eigenvalue weighted by atomic mass is 32.2. The average molecular weight is 308 g/mol. The zero-order valence-electron chi connectivity index (χ0n) is 11.6. The Kier molecular flexibility index (Phi) is 4.29. The monoisotopic (exact) mass is 308 g/mol. The van der Waals surface area contributed by atoms with E-state index in [1.165, 1.54) is 29.7 Å². The topological polar surface area (TPSA) is 97.5 Å². The van der Waals surface area contributed by atoms with E-state index >= 15 is 0 Å². The lowest BCUT2D eigenvalue weighted by Gasteiger charge is -2.19. The molecule has 1 heterocycles. The predicted molar refractivity (Wildman–Crippen MR) is 80.6 cm³/mol. The van der Waals surface area contributed by atoms with E-state index in [1.807, 2.05) is 0 Å². The van der Waals surface area contributed by atoms with Crippen molar-refractivity contribution in [2.24, 2.45) is 5.84 Å². The van der Waals surface area contributed by atoms with Gasteiger partial charge in [0.25, 0.3) is 10.0 Å². The second-order valence-corrected chi connectivity index (χ2v) is 6.16. The number of nitrogens with zero attached hydrogens (tertiary/aromatic N) is 2. The van der Waals surface area contributed by atoms with Crippen LogP contribution >= 0.6 is 0 Å². The Morgan fingerprint density at radius 2 is 1.86 bits per heavy atom. The van der Waals surface area contributed by atoms with Crippen molar-refractivity contribution in [3.05, 3.63) is 42.6 Å². The van der Waals surface area contributed by atoms with Crippen LogP contribution in [0, 0.1) is 0 Å². The van der Waals surface area contributed by atoms with Crippen LogP contribution in [0.3, 0.4) is 0 Å². The molecule has 2 aromatic rings. The molecule has 0 fully saturated rings. The van der Waals surface area contributed by atoms with Gasteiger partial charge in [0.15, 0.2) is 0 Å². The molecule has 3 N–H and O–H groups in total. The number of methoxy groups -OCH3 is 1. The summed E-state index contributed by atoms with van der Waals surface area (Å²) in [6, 6.07) is 9.66. The predicted octanol–water partition coefficient (Wildman–Crippen LogP) is 1.20. The average Bonchev–Trinajstić information content (AvgIpc) is 2.54. The van der Waals surface area contributed by atoms with E-state index in [4.69, 9.17) is 10.6 Å². The number of nitrogens with one attached hydrogen (secondary N) is 1. The van der Waals surface area contributed by atoms with Crippen LogP contribution in [0.5, 0.6) is 5.75 Å². The van der Waals surface area contributed by atoms with Gasteiger partial charge in [-0.3, -0.25) is 4.31 Å². The van der Waals surface area contributed by atoms with Crippen LogP contribution in [-0.4, -0.2) is 27.6 Å². The van der Waals surface area contributed by atoms with Gasteiger partial charge in [0.05, 0.1) is 12.8 Å².